The highest BCUT2D eigenvalue weighted by Crippen LogP contribution is 2.43. The van der Waals surface area contributed by atoms with E-state index in [2.05, 4.69) is 5.10 Å². The van der Waals surface area contributed by atoms with Crippen LogP contribution < -0.4 is 4.74 Å². The van der Waals surface area contributed by atoms with Crippen molar-refractivity contribution in [1.29, 1.82) is 0 Å². The Bertz CT molecular complexity index is 1190. The highest BCUT2D eigenvalue weighted by atomic mass is 32.2. The molecule has 170 valence electrons. The third-order valence-corrected chi connectivity index (χ3v) is 5.65. The topological polar surface area (TPSA) is 44.1 Å². The number of rotatable bonds is 4. The van der Waals surface area contributed by atoms with Crippen LogP contribution in [0, 0.1) is 42.9 Å². The predicted molar refractivity (Wildman–Crippen MR) is 108 cm³/mol. The normalized spacial score (nSPS) is 11.7. The highest BCUT2D eigenvalue weighted by Gasteiger charge is 2.32. The molecular formula is C22H19F5N2O2S. The average molecular weight is 470 g/mol. The Morgan fingerprint density at radius 2 is 1.50 bits per heavy atom. The van der Waals surface area contributed by atoms with Crippen molar-refractivity contribution >= 4 is 17.7 Å². The zero-order chi connectivity index (χ0) is 24.0. The fourth-order valence-corrected chi connectivity index (χ4v) is 3.82. The minimum atomic E-state index is -2.25. The van der Waals surface area contributed by atoms with E-state index in [1.807, 2.05) is 0 Å². The minimum Gasteiger partial charge on any atom is -0.403 e. The highest BCUT2D eigenvalue weighted by molar-refractivity contribution is 7.99. The number of halogens is 5. The Hall–Kier alpha value is -2.88. The van der Waals surface area contributed by atoms with Gasteiger partial charge in [-0.3, -0.25) is 0 Å². The second kappa shape index (κ2) is 8.57. The molecule has 0 unspecified atom stereocenters. The van der Waals surface area contributed by atoms with Crippen LogP contribution in [0.1, 0.15) is 42.4 Å². The van der Waals surface area contributed by atoms with E-state index in [0.717, 1.165) is 5.56 Å². The van der Waals surface area contributed by atoms with Crippen LogP contribution in [0.4, 0.5) is 22.0 Å². The fraction of sp³-hybridized carbons (Fsp3) is 0.273. The summed E-state index contributed by atoms with van der Waals surface area (Å²) in [6, 6.07) is 6.55. The summed E-state index contributed by atoms with van der Waals surface area (Å²) in [5, 5.41) is 4.28. The largest absolute Gasteiger partial charge is 0.403 e. The van der Waals surface area contributed by atoms with Crippen LogP contribution >= 0.6 is 11.8 Å². The van der Waals surface area contributed by atoms with E-state index in [9.17, 15) is 26.7 Å². The number of hydrogen-bond donors (Lipinski definition) is 0. The summed E-state index contributed by atoms with van der Waals surface area (Å²) in [5.41, 5.74) is 0.468. The number of esters is 1. The van der Waals surface area contributed by atoms with Crippen molar-refractivity contribution in [3.8, 4) is 5.88 Å². The molecule has 0 fully saturated rings. The molecule has 1 heterocycles. The molecule has 3 aromatic rings. The van der Waals surface area contributed by atoms with Crippen LogP contribution in [-0.4, -0.2) is 15.7 Å². The number of carbonyl (C=O) groups excluding carboxylic acids is 1. The smallest absolute Gasteiger partial charge is 0.344 e. The van der Waals surface area contributed by atoms with E-state index in [0.29, 0.717) is 0 Å². The van der Waals surface area contributed by atoms with Gasteiger partial charge in [-0.05, 0) is 46.8 Å². The van der Waals surface area contributed by atoms with Gasteiger partial charge in [0.25, 0.3) is 0 Å². The molecule has 0 N–H and O–H groups in total. The second-order valence-corrected chi connectivity index (χ2v) is 9.08. The summed E-state index contributed by atoms with van der Waals surface area (Å²) in [4.78, 5) is 11.6. The lowest BCUT2D eigenvalue weighted by atomic mass is 10.1. The third-order valence-electron chi connectivity index (χ3n) is 4.42. The van der Waals surface area contributed by atoms with E-state index < -0.39 is 45.5 Å². The molecule has 0 saturated heterocycles. The Labute approximate surface area is 185 Å². The molecule has 0 aliphatic rings. The lowest BCUT2D eigenvalue weighted by Gasteiger charge is -2.22. The molecular weight excluding hydrogens is 451 g/mol. The van der Waals surface area contributed by atoms with E-state index >= 15 is 0 Å². The molecule has 4 nitrogen and oxygen atoms in total. The van der Waals surface area contributed by atoms with E-state index in [1.54, 1.807) is 45.9 Å². The number of aryl methyl sites for hydroxylation is 2. The molecule has 0 aliphatic carbocycles. The lowest BCUT2D eigenvalue weighted by molar-refractivity contribution is 0.0704. The van der Waals surface area contributed by atoms with E-state index in [4.69, 9.17) is 4.74 Å². The molecule has 0 spiro atoms. The summed E-state index contributed by atoms with van der Waals surface area (Å²) in [6.07, 6.45) is 0. The molecule has 0 amide bonds. The van der Waals surface area contributed by atoms with Gasteiger partial charge < -0.3 is 4.74 Å². The van der Waals surface area contributed by atoms with Crippen molar-refractivity contribution in [3.63, 3.8) is 0 Å². The predicted octanol–water partition coefficient (Wildman–Crippen LogP) is 6.32. The van der Waals surface area contributed by atoms with Gasteiger partial charge in [-0.25, -0.2) is 31.4 Å². The Kier molecular flexibility index (Phi) is 6.37. The molecule has 0 atom stereocenters. The first kappa shape index (κ1) is 23.8. The van der Waals surface area contributed by atoms with Crippen molar-refractivity contribution in [2.24, 2.45) is 0 Å². The van der Waals surface area contributed by atoms with Gasteiger partial charge in [0.2, 0.25) is 11.7 Å². The number of aromatic nitrogens is 2. The number of benzene rings is 2. The molecule has 0 radical (unpaired) electrons. The number of carbonyl (C=O) groups is 1. The van der Waals surface area contributed by atoms with Crippen molar-refractivity contribution in [2.75, 3.05) is 0 Å². The van der Waals surface area contributed by atoms with Crippen LogP contribution in [0.2, 0.25) is 0 Å². The molecule has 0 bridgehead atoms. The first-order valence-corrected chi connectivity index (χ1v) is 10.2. The summed E-state index contributed by atoms with van der Waals surface area (Å²) in [6.45, 7) is 8.49. The van der Waals surface area contributed by atoms with Crippen LogP contribution in [0.15, 0.2) is 34.1 Å². The molecule has 10 heteroatoms. The average Bonchev–Trinajstić information content (AvgIpc) is 3.03. The number of nitrogens with zero attached hydrogens (tertiary/aromatic N) is 2. The SMILES string of the molecule is Cc1cccc(C(=O)Oc2c(Sc3c(F)c(F)c(F)c(F)c3F)c(C)nn2C(C)(C)C)c1. The fourth-order valence-electron chi connectivity index (χ4n) is 2.85. The van der Waals surface area contributed by atoms with Gasteiger partial charge in [-0.15, -0.1) is 0 Å². The Balaban J connectivity index is 2.14. The van der Waals surface area contributed by atoms with E-state index in [-0.39, 0.29) is 33.8 Å². The summed E-state index contributed by atoms with van der Waals surface area (Å²) < 4.78 is 76.2. The summed E-state index contributed by atoms with van der Waals surface area (Å²) in [7, 11) is 0. The number of hydrogen-bond acceptors (Lipinski definition) is 4. The van der Waals surface area contributed by atoms with Crippen molar-refractivity contribution in [1.82, 2.24) is 9.78 Å². The first-order chi connectivity index (χ1) is 14.8. The zero-order valence-corrected chi connectivity index (χ0v) is 18.6. The molecule has 0 saturated carbocycles. The van der Waals surface area contributed by atoms with Crippen molar-refractivity contribution < 1.29 is 31.5 Å². The van der Waals surface area contributed by atoms with Crippen LogP contribution in [-0.2, 0) is 5.54 Å². The second-order valence-electron chi connectivity index (χ2n) is 8.06. The van der Waals surface area contributed by atoms with Crippen LogP contribution in [0.25, 0.3) is 0 Å². The number of ether oxygens (including phenoxy) is 1. The maximum absolute atomic E-state index is 14.3. The van der Waals surface area contributed by atoms with Crippen LogP contribution in [0.3, 0.4) is 0 Å². The molecule has 0 aliphatic heterocycles. The molecule has 2 aromatic carbocycles. The van der Waals surface area contributed by atoms with Crippen LogP contribution in [0.5, 0.6) is 5.88 Å². The van der Waals surface area contributed by atoms with Gasteiger partial charge in [0, 0.05) is 0 Å². The van der Waals surface area contributed by atoms with Gasteiger partial charge in [0.15, 0.2) is 23.3 Å². The third kappa shape index (κ3) is 4.36. The van der Waals surface area contributed by atoms with Crippen molar-refractivity contribution in [2.45, 2.75) is 49.9 Å². The first-order valence-electron chi connectivity index (χ1n) is 9.41. The zero-order valence-electron chi connectivity index (χ0n) is 17.8. The van der Waals surface area contributed by atoms with Gasteiger partial charge >= 0.3 is 5.97 Å². The minimum absolute atomic E-state index is 0.0517. The molecule has 32 heavy (non-hydrogen) atoms. The molecule has 3 rings (SSSR count). The van der Waals surface area contributed by atoms with Gasteiger partial charge in [-0.1, -0.05) is 29.5 Å². The van der Waals surface area contributed by atoms with E-state index in [1.165, 1.54) is 17.7 Å². The summed E-state index contributed by atoms with van der Waals surface area (Å²) in [5.74, 6) is -11.3. The maximum atomic E-state index is 14.3. The van der Waals surface area contributed by atoms with Gasteiger partial charge in [0.1, 0.15) is 0 Å². The Morgan fingerprint density at radius 3 is 2.03 bits per heavy atom. The lowest BCUT2D eigenvalue weighted by Crippen LogP contribution is -2.25. The van der Waals surface area contributed by atoms with Crippen molar-refractivity contribution in [3.05, 3.63) is 70.2 Å². The quantitative estimate of drug-likeness (QED) is 0.194. The maximum Gasteiger partial charge on any atom is 0.344 e. The monoisotopic (exact) mass is 470 g/mol. The Morgan fingerprint density at radius 1 is 0.938 bits per heavy atom. The molecule has 1 aromatic heterocycles. The standard InChI is InChI=1S/C22H19F5N2O2S/c1-10-7-6-8-12(9-10)21(30)31-20-18(11(2)28-29(20)22(3,4)5)32-19-16(26)14(24)13(23)15(25)17(19)27/h6-9H,1-5H3. The summed E-state index contributed by atoms with van der Waals surface area (Å²) >= 11 is 0.251. The van der Waals surface area contributed by atoms with Gasteiger partial charge in [0.05, 0.1) is 26.6 Å². The van der Waals surface area contributed by atoms with Gasteiger partial charge in [-0.2, -0.15) is 5.10 Å².